The van der Waals surface area contributed by atoms with Gasteiger partial charge in [-0.05, 0) is 38.4 Å². The maximum Gasteiger partial charge on any atom is 0.323 e. The lowest BCUT2D eigenvalue weighted by Crippen LogP contribution is -2.29. The Morgan fingerprint density at radius 2 is 1.96 bits per heavy atom. The number of aliphatic hydroxyl groups excluding tert-OH is 1. The van der Waals surface area contributed by atoms with E-state index in [-0.39, 0.29) is 5.82 Å². The van der Waals surface area contributed by atoms with Gasteiger partial charge >= 0.3 is 6.03 Å². The number of hydrogen-bond donors (Lipinski definition) is 3. The lowest BCUT2D eigenvalue weighted by molar-refractivity contribution is 0.116. The van der Waals surface area contributed by atoms with Gasteiger partial charge in [0.1, 0.15) is 5.82 Å². The van der Waals surface area contributed by atoms with E-state index < -0.39 is 12.1 Å². The van der Waals surface area contributed by atoms with Gasteiger partial charge in [0.2, 0.25) is 0 Å². The summed E-state index contributed by atoms with van der Waals surface area (Å²) in [6, 6.07) is 5.01. The Labute approximate surface area is 133 Å². The molecule has 7 nitrogen and oxygen atoms in total. The fourth-order valence-electron chi connectivity index (χ4n) is 2.05. The number of benzene rings is 1. The highest BCUT2D eigenvalue weighted by atomic mass is 19.1. The van der Waals surface area contributed by atoms with Gasteiger partial charge in [-0.1, -0.05) is 0 Å². The lowest BCUT2D eigenvalue weighted by Gasteiger charge is -2.15. The first-order valence-electron chi connectivity index (χ1n) is 7.11. The molecule has 0 aliphatic carbocycles. The molecule has 1 heterocycles. The number of rotatable bonds is 6. The molecule has 1 aromatic carbocycles. The zero-order valence-corrected chi connectivity index (χ0v) is 13.0. The van der Waals surface area contributed by atoms with E-state index in [2.05, 4.69) is 15.7 Å². The van der Waals surface area contributed by atoms with Crippen molar-refractivity contribution in [2.24, 2.45) is 0 Å². The molecular weight excluding hydrogens is 301 g/mol. The molecule has 0 radical (unpaired) electrons. The predicted molar refractivity (Wildman–Crippen MR) is 85.8 cm³/mol. The minimum atomic E-state index is -0.550. The fourth-order valence-corrected chi connectivity index (χ4v) is 2.05. The van der Waals surface area contributed by atoms with Crippen molar-refractivity contribution in [2.75, 3.05) is 31.3 Å². The van der Waals surface area contributed by atoms with Crippen LogP contribution in [0.5, 0.6) is 0 Å². The van der Waals surface area contributed by atoms with Crippen LogP contribution in [0.2, 0.25) is 0 Å². The molecule has 1 aromatic heterocycles. The fraction of sp³-hybridized carbons (Fsp3) is 0.333. The molecule has 1 atom stereocenters. The lowest BCUT2D eigenvalue weighted by atomic mass is 10.3. The van der Waals surface area contributed by atoms with E-state index in [1.165, 1.54) is 30.5 Å². The zero-order valence-electron chi connectivity index (χ0n) is 13.0. The molecule has 23 heavy (non-hydrogen) atoms. The summed E-state index contributed by atoms with van der Waals surface area (Å²) in [7, 11) is 3.75. The number of aromatic nitrogens is 2. The van der Waals surface area contributed by atoms with Crippen LogP contribution in [0, 0.1) is 5.82 Å². The van der Waals surface area contributed by atoms with Crippen molar-refractivity contribution in [3.63, 3.8) is 0 Å². The van der Waals surface area contributed by atoms with Crippen LogP contribution in [-0.2, 0) is 6.54 Å². The number of halogens is 1. The van der Waals surface area contributed by atoms with E-state index in [0.717, 1.165) is 0 Å². The third kappa shape index (κ3) is 5.68. The molecular formula is C15H20FN5O2. The van der Waals surface area contributed by atoms with E-state index in [9.17, 15) is 14.3 Å². The summed E-state index contributed by atoms with van der Waals surface area (Å²) in [5.74, 6) is -0.367. The van der Waals surface area contributed by atoms with E-state index in [0.29, 0.717) is 24.5 Å². The molecule has 0 unspecified atom stereocenters. The van der Waals surface area contributed by atoms with Crippen molar-refractivity contribution in [3.05, 3.63) is 42.5 Å². The largest absolute Gasteiger partial charge is 0.390 e. The molecule has 0 spiro atoms. The van der Waals surface area contributed by atoms with Crippen molar-refractivity contribution in [1.29, 1.82) is 0 Å². The third-order valence-electron chi connectivity index (χ3n) is 2.97. The highest BCUT2D eigenvalue weighted by Gasteiger charge is 2.09. The molecule has 3 N–H and O–H groups in total. The molecule has 2 amide bonds. The second kappa shape index (κ2) is 7.70. The molecule has 0 bridgehead atoms. The molecule has 0 aliphatic heterocycles. The summed E-state index contributed by atoms with van der Waals surface area (Å²) < 4.78 is 14.4. The van der Waals surface area contributed by atoms with Crippen LogP contribution in [-0.4, -0.2) is 52.6 Å². The zero-order chi connectivity index (χ0) is 16.8. The molecule has 0 saturated heterocycles. The standard InChI is InChI=1S/C15H20FN5O2/c1-20(2)9-14(22)10-21-8-13(7-17-21)19-15(23)18-12-5-3-11(16)4-6-12/h3-8,14,22H,9-10H2,1-2H3,(H2,18,19,23)/t14-/m0/s1. The minimum absolute atomic E-state index is 0.333. The smallest absolute Gasteiger partial charge is 0.323 e. The number of aliphatic hydroxyl groups is 1. The van der Waals surface area contributed by atoms with Gasteiger partial charge in [0, 0.05) is 18.4 Å². The summed E-state index contributed by atoms with van der Waals surface area (Å²) >= 11 is 0. The summed E-state index contributed by atoms with van der Waals surface area (Å²) in [6.45, 7) is 0.854. The number of carbonyl (C=O) groups excluding carboxylic acids is 1. The van der Waals surface area contributed by atoms with Crippen LogP contribution in [0.15, 0.2) is 36.7 Å². The van der Waals surface area contributed by atoms with Gasteiger partial charge in [-0.3, -0.25) is 4.68 Å². The summed E-state index contributed by atoms with van der Waals surface area (Å²) in [5, 5.41) is 19.1. The van der Waals surface area contributed by atoms with Crippen LogP contribution in [0.25, 0.3) is 0 Å². The van der Waals surface area contributed by atoms with Crippen LogP contribution in [0.4, 0.5) is 20.6 Å². The summed E-state index contributed by atoms with van der Waals surface area (Å²) in [6.07, 6.45) is 2.57. The van der Waals surface area contributed by atoms with Gasteiger partial charge in [-0.25, -0.2) is 9.18 Å². The molecule has 0 saturated carbocycles. The third-order valence-corrected chi connectivity index (χ3v) is 2.97. The normalized spacial score (nSPS) is 12.2. The number of carbonyl (C=O) groups is 1. The Kier molecular flexibility index (Phi) is 5.67. The topological polar surface area (TPSA) is 82.4 Å². The predicted octanol–water partition coefficient (Wildman–Crippen LogP) is 1.59. The average Bonchev–Trinajstić information content (AvgIpc) is 2.87. The minimum Gasteiger partial charge on any atom is -0.390 e. The van der Waals surface area contributed by atoms with Crippen LogP contribution in [0.3, 0.4) is 0 Å². The van der Waals surface area contributed by atoms with Gasteiger partial charge in [0.15, 0.2) is 0 Å². The van der Waals surface area contributed by atoms with E-state index in [4.69, 9.17) is 0 Å². The van der Waals surface area contributed by atoms with Gasteiger partial charge in [0.25, 0.3) is 0 Å². The summed E-state index contributed by atoms with van der Waals surface area (Å²) in [4.78, 5) is 13.7. The number of nitrogens with zero attached hydrogens (tertiary/aromatic N) is 3. The number of urea groups is 1. The Hall–Kier alpha value is -2.45. The van der Waals surface area contributed by atoms with E-state index >= 15 is 0 Å². The van der Waals surface area contributed by atoms with Crippen molar-refractivity contribution < 1.29 is 14.3 Å². The maximum atomic E-state index is 12.8. The van der Waals surface area contributed by atoms with Gasteiger partial charge in [-0.15, -0.1) is 0 Å². The highest BCUT2D eigenvalue weighted by molar-refractivity contribution is 5.99. The number of likely N-dealkylation sites (N-methyl/N-ethyl adjacent to an activating group) is 1. The first-order valence-corrected chi connectivity index (χ1v) is 7.11. The quantitative estimate of drug-likeness (QED) is 0.754. The number of amides is 2. The van der Waals surface area contributed by atoms with Crippen molar-refractivity contribution in [2.45, 2.75) is 12.6 Å². The molecule has 2 rings (SSSR count). The van der Waals surface area contributed by atoms with E-state index in [1.54, 1.807) is 10.9 Å². The van der Waals surface area contributed by atoms with Gasteiger partial charge in [-0.2, -0.15) is 5.10 Å². The van der Waals surface area contributed by atoms with Gasteiger partial charge < -0.3 is 20.6 Å². The molecule has 124 valence electrons. The molecule has 2 aromatic rings. The number of nitrogens with one attached hydrogen (secondary N) is 2. The Bertz CT molecular complexity index is 642. The number of anilines is 2. The first-order chi connectivity index (χ1) is 10.9. The highest BCUT2D eigenvalue weighted by Crippen LogP contribution is 2.10. The Morgan fingerprint density at radius 3 is 2.61 bits per heavy atom. The van der Waals surface area contributed by atoms with Crippen LogP contribution < -0.4 is 10.6 Å². The average molecular weight is 321 g/mol. The Balaban J connectivity index is 1.86. The van der Waals surface area contributed by atoms with Gasteiger partial charge in [0.05, 0.1) is 24.5 Å². The maximum absolute atomic E-state index is 12.8. The second-order valence-corrected chi connectivity index (χ2v) is 5.45. The summed E-state index contributed by atoms with van der Waals surface area (Å²) in [5.41, 5.74) is 0.986. The molecule has 8 heteroatoms. The second-order valence-electron chi connectivity index (χ2n) is 5.45. The van der Waals surface area contributed by atoms with Crippen molar-refractivity contribution in [1.82, 2.24) is 14.7 Å². The Morgan fingerprint density at radius 1 is 1.30 bits per heavy atom. The number of hydrogen-bond acceptors (Lipinski definition) is 4. The molecule has 0 fully saturated rings. The van der Waals surface area contributed by atoms with Crippen molar-refractivity contribution >= 4 is 17.4 Å². The van der Waals surface area contributed by atoms with Crippen LogP contribution >= 0.6 is 0 Å². The first kappa shape index (κ1) is 16.9. The molecule has 0 aliphatic rings. The van der Waals surface area contributed by atoms with Crippen LogP contribution in [0.1, 0.15) is 0 Å². The SMILES string of the molecule is CN(C)C[C@H](O)Cn1cc(NC(=O)Nc2ccc(F)cc2)cn1. The monoisotopic (exact) mass is 321 g/mol. The van der Waals surface area contributed by atoms with Crippen molar-refractivity contribution in [3.8, 4) is 0 Å². The van der Waals surface area contributed by atoms with E-state index in [1.807, 2.05) is 19.0 Å².